The number of unbranched alkanes of at least 4 members (excludes halogenated alkanes) is 1. The first-order valence-electron chi connectivity index (χ1n) is 12.7. The number of aryl methyl sites for hydroxylation is 3. The topological polar surface area (TPSA) is 133 Å². The lowest BCUT2D eigenvalue weighted by Gasteiger charge is -2.08. The van der Waals surface area contributed by atoms with E-state index in [0.29, 0.717) is 32.5 Å². The Morgan fingerprint density at radius 3 is 2.05 bits per heavy atom. The molecule has 40 heavy (non-hydrogen) atoms. The van der Waals surface area contributed by atoms with Crippen molar-refractivity contribution < 1.29 is 22.8 Å². The maximum Gasteiger partial charge on any atom is 0.416 e. The van der Waals surface area contributed by atoms with Crippen LogP contribution >= 0.6 is 0 Å². The molecule has 11 nitrogen and oxygen atoms in total. The molecule has 0 radical (unpaired) electrons. The molecule has 0 saturated heterocycles. The van der Waals surface area contributed by atoms with Crippen LogP contribution in [0.25, 0.3) is 0 Å². The predicted molar refractivity (Wildman–Crippen MR) is 137 cm³/mol. The van der Waals surface area contributed by atoms with Gasteiger partial charge >= 0.3 is 6.18 Å². The number of amides is 2. The fourth-order valence-electron chi connectivity index (χ4n) is 3.82. The summed E-state index contributed by atoms with van der Waals surface area (Å²) >= 11 is 0. The van der Waals surface area contributed by atoms with Crippen LogP contribution in [-0.4, -0.2) is 46.8 Å². The van der Waals surface area contributed by atoms with E-state index in [1.54, 1.807) is 10.9 Å². The highest BCUT2D eigenvalue weighted by Gasteiger charge is 2.30. The van der Waals surface area contributed by atoms with Crippen molar-refractivity contribution >= 4 is 11.8 Å². The van der Waals surface area contributed by atoms with E-state index in [4.69, 9.17) is 0 Å². The number of nitrogens with zero attached hydrogens (tertiary/aromatic N) is 7. The first-order valence-corrected chi connectivity index (χ1v) is 12.7. The van der Waals surface area contributed by atoms with Gasteiger partial charge in [-0.2, -0.15) is 13.2 Å². The highest BCUT2D eigenvalue weighted by Crippen LogP contribution is 2.28. The minimum absolute atomic E-state index is 0.0420. The summed E-state index contributed by atoms with van der Waals surface area (Å²) in [4.78, 5) is 28.6. The smallest absolute Gasteiger partial charge is 0.347 e. The summed E-state index contributed by atoms with van der Waals surface area (Å²) in [5.41, 5.74) is 1.73. The van der Waals surface area contributed by atoms with Gasteiger partial charge in [0.15, 0.2) is 11.4 Å². The van der Waals surface area contributed by atoms with Crippen LogP contribution in [0.1, 0.15) is 63.1 Å². The van der Waals surface area contributed by atoms with Crippen molar-refractivity contribution in [2.45, 2.75) is 58.5 Å². The lowest BCUT2D eigenvalue weighted by molar-refractivity contribution is -0.137. The van der Waals surface area contributed by atoms with Gasteiger partial charge in [-0.15, -0.1) is 10.2 Å². The zero-order valence-electron chi connectivity index (χ0n) is 21.7. The largest absolute Gasteiger partial charge is 0.416 e. The third-order valence-corrected chi connectivity index (χ3v) is 5.99. The molecule has 0 spiro atoms. The Balaban J connectivity index is 1.17. The molecule has 3 aromatic heterocycles. The van der Waals surface area contributed by atoms with Crippen LogP contribution < -0.4 is 10.6 Å². The van der Waals surface area contributed by atoms with Crippen molar-refractivity contribution in [3.05, 3.63) is 88.8 Å². The fraction of sp³-hybridized carbons (Fsp3) is 0.346. The summed E-state index contributed by atoms with van der Waals surface area (Å²) < 4.78 is 41.6. The summed E-state index contributed by atoms with van der Waals surface area (Å²) in [6.45, 7) is 3.31. The van der Waals surface area contributed by atoms with Crippen LogP contribution in [0.2, 0.25) is 0 Å². The second-order valence-corrected chi connectivity index (χ2v) is 9.01. The van der Waals surface area contributed by atoms with Crippen molar-refractivity contribution in [2.24, 2.45) is 0 Å². The average molecular weight is 556 g/mol. The summed E-state index contributed by atoms with van der Waals surface area (Å²) in [6, 6.07) is 9.77. The Morgan fingerprint density at radius 1 is 0.850 bits per heavy atom. The van der Waals surface area contributed by atoms with Crippen molar-refractivity contribution in [3.8, 4) is 0 Å². The first-order chi connectivity index (χ1) is 19.2. The summed E-state index contributed by atoms with van der Waals surface area (Å²) in [7, 11) is 0. The van der Waals surface area contributed by atoms with Gasteiger partial charge in [0.05, 0.1) is 30.2 Å². The Morgan fingerprint density at radius 2 is 1.45 bits per heavy atom. The van der Waals surface area contributed by atoms with Gasteiger partial charge in [0, 0.05) is 25.8 Å². The molecule has 0 atom stereocenters. The molecule has 2 N–H and O–H groups in total. The number of hydrogen-bond donors (Lipinski definition) is 2. The number of halogens is 3. The summed E-state index contributed by atoms with van der Waals surface area (Å²) in [5, 5.41) is 21.0. The Kier molecular flexibility index (Phi) is 9.19. The zero-order chi connectivity index (χ0) is 28.5. The number of aromatic nitrogens is 7. The molecule has 4 rings (SSSR count). The molecule has 0 aliphatic heterocycles. The SMILES string of the molecule is CCc1cccc(CNC(=O)c2cn(CCCCn3cc(C(=O)NCc4cc(C(F)(F)F)ccn4)nn3)nn2)c1. The van der Waals surface area contributed by atoms with Gasteiger partial charge in [0.1, 0.15) is 0 Å². The molecule has 1 aromatic carbocycles. The van der Waals surface area contributed by atoms with Gasteiger partial charge in [0.25, 0.3) is 11.8 Å². The molecule has 2 amide bonds. The van der Waals surface area contributed by atoms with Crippen LogP contribution in [0.15, 0.2) is 55.0 Å². The normalized spacial score (nSPS) is 11.4. The fourth-order valence-corrected chi connectivity index (χ4v) is 3.82. The van der Waals surface area contributed by atoms with Gasteiger partial charge in [-0.1, -0.05) is 41.6 Å². The molecule has 14 heteroatoms. The number of benzene rings is 1. The highest BCUT2D eigenvalue weighted by atomic mass is 19.4. The van der Waals surface area contributed by atoms with Crippen LogP contribution in [-0.2, 0) is 38.8 Å². The average Bonchev–Trinajstić information content (AvgIpc) is 3.63. The van der Waals surface area contributed by atoms with Crippen molar-refractivity contribution in [2.75, 3.05) is 0 Å². The van der Waals surface area contributed by atoms with Crippen molar-refractivity contribution in [1.29, 1.82) is 0 Å². The van der Waals surface area contributed by atoms with Gasteiger partial charge in [0.2, 0.25) is 0 Å². The Bertz CT molecular complexity index is 1450. The van der Waals surface area contributed by atoms with E-state index in [2.05, 4.69) is 49.2 Å². The molecular weight excluding hydrogens is 527 g/mol. The van der Waals surface area contributed by atoms with Crippen molar-refractivity contribution in [1.82, 2.24) is 45.6 Å². The molecule has 3 heterocycles. The van der Waals surface area contributed by atoms with E-state index in [1.807, 2.05) is 18.2 Å². The van der Waals surface area contributed by atoms with E-state index in [-0.39, 0.29) is 29.5 Å². The predicted octanol–water partition coefficient (Wildman–Crippen LogP) is 3.19. The summed E-state index contributed by atoms with van der Waals surface area (Å²) in [5.74, 6) is -0.873. The molecule has 210 valence electrons. The van der Waals surface area contributed by atoms with E-state index in [0.717, 1.165) is 30.3 Å². The zero-order valence-corrected chi connectivity index (χ0v) is 21.7. The summed E-state index contributed by atoms with van der Waals surface area (Å²) in [6.07, 6.45) is 1.93. The number of hydrogen-bond acceptors (Lipinski definition) is 7. The highest BCUT2D eigenvalue weighted by molar-refractivity contribution is 5.92. The number of pyridine rings is 1. The lowest BCUT2D eigenvalue weighted by Crippen LogP contribution is -2.24. The molecule has 0 saturated carbocycles. The quantitative estimate of drug-likeness (QED) is 0.257. The number of rotatable bonds is 12. The first kappa shape index (κ1) is 28.4. The van der Waals surface area contributed by atoms with Gasteiger partial charge in [-0.05, 0) is 42.5 Å². The van der Waals surface area contributed by atoms with Gasteiger partial charge in [-0.25, -0.2) is 0 Å². The molecular formula is C26H28F3N9O2. The maximum atomic E-state index is 12.8. The number of carbonyl (C=O) groups excluding carboxylic acids is 2. The van der Waals surface area contributed by atoms with Gasteiger partial charge in [-0.3, -0.25) is 23.9 Å². The number of alkyl halides is 3. The third kappa shape index (κ3) is 7.94. The van der Waals surface area contributed by atoms with Crippen LogP contribution in [0.5, 0.6) is 0 Å². The molecule has 0 fully saturated rings. The van der Waals surface area contributed by atoms with Crippen LogP contribution in [0, 0.1) is 0 Å². The molecule has 0 bridgehead atoms. The number of nitrogens with one attached hydrogen (secondary N) is 2. The van der Waals surface area contributed by atoms with E-state index < -0.39 is 17.6 Å². The van der Waals surface area contributed by atoms with E-state index in [1.165, 1.54) is 16.4 Å². The second-order valence-electron chi connectivity index (χ2n) is 9.01. The number of carbonyl (C=O) groups is 2. The standard InChI is InChI=1S/C26H28F3N9O2/c1-2-18-6-5-7-19(12-18)14-31-24(39)22-16-37(35-33-22)10-3-4-11-38-17-23(34-36-38)25(40)32-15-21-13-20(8-9-30-21)26(27,28)29/h5-9,12-13,16-17H,2-4,10-11,14-15H2,1H3,(H,31,39)(H,32,40). The minimum atomic E-state index is -4.49. The Hall–Kier alpha value is -4.62. The Labute approximate surface area is 227 Å². The maximum absolute atomic E-state index is 12.8. The van der Waals surface area contributed by atoms with E-state index >= 15 is 0 Å². The lowest BCUT2D eigenvalue weighted by atomic mass is 10.1. The third-order valence-electron chi connectivity index (χ3n) is 5.99. The molecule has 0 aliphatic rings. The van der Waals surface area contributed by atoms with Gasteiger partial charge < -0.3 is 10.6 Å². The molecule has 0 unspecified atom stereocenters. The monoisotopic (exact) mass is 555 g/mol. The van der Waals surface area contributed by atoms with Crippen molar-refractivity contribution in [3.63, 3.8) is 0 Å². The molecule has 0 aliphatic carbocycles. The molecule has 4 aromatic rings. The van der Waals surface area contributed by atoms with Crippen LogP contribution in [0.3, 0.4) is 0 Å². The van der Waals surface area contributed by atoms with Crippen LogP contribution in [0.4, 0.5) is 13.2 Å². The second kappa shape index (κ2) is 13.0. The van der Waals surface area contributed by atoms with E-state index in [9.17, 15) is 22.8 Å². The minimum Gasteiger partial charge on any atom is -0.347 e.